The lowest BCUT2D eigenvalue weighted by atomic mass is 9.78. The van der Waals surface area contributed by atoms with Crippen LogP contribution in [0.25, 0.3) is 5.82 Å². The summed E-state index contributed by atoms with van der Waals surface area (Å²) in [7, 11) is 0. The zero-order valence-corrected chi connectivity index (χ0v) is 13.5. The molecule has 1 amide bonds. The minimum absolute atomic E-state index is 0.0226. The standard InChI is InChI=1S/C17H19F3N4O/c18-17(19,20)14-6-2-1-5-13(14)16(25)23-10-12-4-3-7-22-15(12)24-9-8-21-11-24/h3-4,7-9,11,13-14H,1-2,5-6,10H2,(H,23,25)/t13-,14-/m0/s1. The Morgan fingerprint density at radius 2 is 2.08 bits per heavy atom. The number of carbonyl (C=O) groups excluding carboxylic acids is 1. The maximum absolute atomic E-state index is 13.2. The molecule has 0 aliphatic heterocycles. The van der Waals surface area contributed by atoms with Gasteiger partial charge in [-0.1, -0.05) is 18.9 Å². The zero-order valence-electron chi connectivity index (χ0n) is 13.5. The minimum atomic E-state index is -4.33. The first-order valence-electron chi connectivity index (χ1n) is 8.23. The van der Waals surface area contributed by atoms with Crippen LogP contribution >= 0.6 is 0 Å². The average molecular weight is 352 g/mol. The average Bonchev–Trinajstić information content (AvgIpc) is 3.13. The monoisotopic (exact) mass is 352 g/mol. The van der Waals surface area contributed by atoms with Gasteiger partial charge in [0.25, 0.3) is 0 Å². The van der Waals surface area contributed by atoms with Gasteiger partial charge in [-0.15, -0.1) is 0 Å². The van der Waals surface area contributed by atoms with Crippen LogP contribution in [0.1, 0.15) is 31.2 Å². The van der Waals surface area contributed by atoms with Crippen molar-refractivity contribution < 1.29 is 18.0 Å². The Bertz CT molecular complexity index is 715. The molecule has 2 aromatic rings. The molecule has 0 aromatic carbocycles. The third-order valence-corrected chi connectivity index (χ3v) is 4.59. The van der Waals surface area contributed by atoms with Crippen LogP contribution in [0.5, 0.6) is 0 Å². The smallest absolute Gasteiger partial charge is 0.352 e. The number of carbonyl (C=O) groups is 1. The highest BCUT2D eigenvalue weighted by Gasteiger charge is 2.47. The van der Waals surface area contributed by atoms with Crippen molar-refractivity contribution in [3.05, 3.63) is 42.6 Å². The third kappa shape index (κ3) is 4.00. The highest BCUT2D eigenvalue weighted by Crippen LogP contribution is 2.41. The van der Waals surface area contributed by atoms with E-state index >= 15 is 0 Å². The summed E-state index contributed by atoms with van der Waals surface area (Å²) in [4.78, 5) is 20.6. The second-order valence-electron chi connectivity index (χ2n) is 6.21. The second-order valence-corrected chi connectivity index (χ2v) is 6.21. The van der Waals surface area contributed by atoms with Gasteiger partial charge in [0.1, 0.15) is 12.1 Å². The van der Waals surface area contributed by atoms with Crippen LogP contribution in [0.4, 0.5) is 13.2 Å². The fraction of sp³-hybridized carbons (Fsp3) is 0.471. The number of nitrogens with one attached hydrogen (secondary N) is 1. The number of hydrogen-bond acceptors (Lipinski definition) is 3. The number of imidazole rings is 1. The zero-order chi connectivity index (χ0) is 17.9. The topological polar surface area (TPSA) is 59.8 Å². The van der Waals surface area contributed by atoms with Gasteiger partial charge in [0.05, 0.1) is 5.92 Å². The maximum Gasteiger partial charge on any atom is 0.392 e. The van der Waals surface area contributed by atoms with Crippen LogP contribution in [0.2, 0.25) is 0 Å². The van der Waals surface area contributed by atoms with Gasteiger partial charge in [-0.3, -0.25) is 9.36 Å². The van der Waals surface area contributed by atoms with Crippen molar-refractivity contribution in [2.45, 2.75) is 38.4 Å². The Balaban J connectivity index is 1.70. The van der Waals surface area contributed by atoms with Gasteiger partial charge in [0.2, 0.25) is 5.91 Å². The number of hydrogen-bond donors (Lipinski definition) is 1. The first-order valence-corrected chi connectivity index (χ1v) is 8.23. The van der Waals surface area contributed by atoms with Crippen LogP contribution < -0.4 is 5.32 Å². The molecule has 2 heterocycles. The summed E-state index contributed by atoms with van der Waals surface area (Å²) in [5, 5.41) is 2.66. The van der Waals surface area contributed by atoms with Gasteiger partial charge in [-0.05, 0) is 18.9 Å². The van der Waals surface area contributed by atoms with Crippen LogP contribution in [0, 0.1) is 11.8 Å². The van der Waals surface area contributed by atoms with Crippen molar-refractivity contribution >= 4 is 5.91 Å². The number of nitrogens with zero attached hydrogens (tertiary/aromatic N) is 3. The van der Waals surface area contributed by atoms with Gasteiger partial charge in [0, 0.05) is 36.6 Å². The van der Waals surface area contributed by atoms with Crippen molar-refractivity contribution in [2.75, 3.05) is 0 Å². The SMILES string of the molecule is O=C(NCc1cccnc1-n1ccnc1)[C@H]1CCCC[C@@H]1C(F)(F)F. The van der Waals surface area contributed by atoms with Crippen molar-refractivity contribution in [2.24, 2.45) is 11.8 Å². The Morgan fingerprint density at radius 3 is 2.80 bits per heavy atom. The molecule has 1 N–H and O–H groups in total. The van der Waals surface area contributed by atoms with E-state index in [9.17, 15) is 18.0 Å². The second kappa shape index (κ2) is 7.25. The number of pyridine rings is 1. The van der Waals surface area contributed by atoms with Crippen LogP contribution in [0.3, 0.4) is 0 Å². The summed E-state index contributed by atoms with van der Waals surface area (Å²) in [5.41, 5.74) is 0.716. The Kier molecular flexibility index (Phi) is 5.06. The van der Waals surface area contributed by atoms with E-state index in [0.29, 0.717) is 24.2 Å². The molecule has 1 fully saturated rings. The molecule has 0 spiro atoms. The number of alkyl halides is 3. The lowest BCUT2D eigenvalue weighted by Crippen LogP contribution is -2.42. The molecule has 5 nitrogen and oxygen atoms in total. The van der Waals surface area contributed by atoms with Gasteiger partial charge >= 0.3 is 6.18 Å². The van der Waals surface area contributed by atoms with Crippen molar-refractivity contribution in [3.63, 3.8) is 0 Å². The van der Waals surface area contributed by atoms with Crippen LogP contribution in [-0.2, 0) is 11.3 Å². The van der Waals surface area contributed by atoms with E-state index in [1.165, 1.54) is 0 Å². The maximum atomic E-state index is 13.2. The lowest BCUT2D eigenvalue weighted by molar-refractivity contribution is -0.198. The van der Waals surface area contributed by atoms with Crippen molar-refractivity contribution in [3.8, 4) is 5.82 Å². The quantitative estimate of drug-likeness (QED) is 0.919. The first kappa shape index (κ1) is 17.4. The molecule has 2 aromatic heterocycles. The highest BCUT2D eigenvalue weighted by atomic mass is 19.4. The van der Waals surface area contributed by atoms with Crippen molar-refractivity contribution in [1.82, 2.24) is 19.9 Å². The van der Waals surface area contributed by atoms with Gasteiger partial charge in [-0.25, -0.2) is 9.97 Å². The van der Waals surface area contributed by atoms with Gasteiger partial charge < -0.3 is 5.32 Å². The summed E-state index contributed by atoms with van der Waals surface area (Å²) in [6.45, 7) is 0.126. The Hall–Kier alpha value is -2.38. The largest absolute Gasteiger partial charge is 0.392 e. The van der Waals surface area contributed by atoms with Crippen LogP contribution in [0.15, 0.2) is 37.1 Å². The molecule has 25 heavy (non-hydrogen) atoms. The molecule has 0 radical (unpaired) electrons. The van der Waals surface area contributed by atoms with Gasteiger partial charge in [0.15, 0.2) is 0 Å². The number of halogens is 3. The molecular formula is C17H19F3N4O. The van der Waals surface area contributed by atoms with Gasteiger partial charge in [-0.2, -0.15) is 13.2 Å². The van der Waals surface area contributed by atoms with E-state index in [1.54, 1.807) is 41.6 Å². The minimum Gasteiger partial charge on any atom is -0.352 e. The molecule has 0 unspecified atom stereocenters. The molecule has 1 aliphatic rings. The van der Waals surface area contributed by atoms with E-state index in [0.717, 1.165) is 0 Å². The predicted octanol–water partition coefficient (Wildman–Crippen LogP) is 3.25. The number of amides is 1. The normalized spacial score (nSPS) is 21.1. The molecule has 8 heteroatoms. The molecule has 0 saturated heterocycles. The highest BCUT2D eigenvalue weighted by molar-refractivity contribution is 5.79. The molecule has 1 aliphatic carbocycles. The number of aromatic nitrogens is 3. The third-order valence-electron chi connectivity index (χ3n) is 4.59. The van der Waals surface area contributed by atoms with E-state index in [-0.39, 0.29) is 19.4 Å². The molecule has 3 rings (SSSR count). The predicted molar refractivity (Wildman–Crippen MR) is 84.7 cm³/mol. The molecule has 2 atom stereocenters. The summed E-state index contributed by atoms with van der Waals surface area (Å²) in [5.74, 6) is -2.51. The fourth-order valence-electron chi connectivity index (χ4n) is 3.34. The summed E-state index contributed by atoms with van der Waals surface area (Å²) in [6, 6.07) is 3.51. The summed E-state index contributed by atoms with van der Waals surface area (Å²) in [6.07, 6.45) is 3.64. The van der Waals surface area contributed by atoms with E-state index < -0.39 is 23.9 Å². The van der Waals surface area contributed by atoms with E-state index in [2.05, 4.69) is 15.3 Å². The Labute approximate surface area is 143 Å². The number of rotatable bonds is 4. The van der Waals surface area contributed by atoms with Crippen LogP contribution in [-0.4, -0.2) is 26.6 Å². The molecule has 0 bridgehead atoms. The van der Waals surface area contributed by atoms with E-state index in [1.807, 2.05) is 0 Å². The lowest BCUT2D eigenvalue weighted by Gasteiger charge is -2.32. The summed E-state index contributed by atoms with van der Waals surface area (Å²) >= 11 is 0. The Morgan fingerprint density at radius 1 is 1.28 bits per heavy atom. The summed E-state index contributed by atoms with van der Waals surface area (Å²) < 4.78 is 41.2. The van der Waals surface area contributed by atoms with Crippen molar-refractivity contribution in [1.29, 1.82) is 0 Å². The molecular weight excluding hydrogens is 333 g/mol. The molecule has 134 valence electrons. The first-order chi connectivity index (χ1) is 12.0. The van der Waals surface area contributed by atoms with E-state index in [4.69, 9.17) is 0 Å². The fourth-order valence-corrected chi connectivity index (χ4v) is 3.34. The molecule has 1 saturated carbocycles.